The lowest BCUT2D eigenvalue weighted by Gasteiger charge is -2.30. The molecular weight excluding hydrogens is 242 g/mol. The van der Waals surface area contributed by atoms with Crippen LogP contribution in [0.3, 0.4) is 0 Å². The first kappa shape index (κ1) is 13.5. The number of ketones is 1. The molecule has 0 radical (unpaired) electrons. The van der Waals surface area contributed by atoms with Gasteiger partial charge in [0.15, 0.2) is 5.78 Å². The lowest BCUT2D eigenvalue weighted by molar-refractivity contribution is -0.130. The molecule has 0 aliphatic carbocycles. The van der Waals surface area contributed by atoms with E-state index in [-0.39, 0.29) is 17.6 Å². The predicted molar refractivity (Wildman–Crippen MR) is 72.7 cm³/mol. The van der Waals surface area contributed by atoms with E-state index in [0.717, 1.165) is 5.56 Å². The van der Waals surface area contributed by atoms with Crippen molar-refractivity contribution in [1.82, 2.24) is 9.88 Å². The molecule has 1 saturated heterocycles. The number of carbonyl (C=O) groups excluding carboxylic acids is 2. The summed E-state index contributed by atoms with van der Waals surface area (Å²) < 4.78 is 0. The molecule has 1 aliphatic rings. The zero-order valence-corrected chi connectivity index (χ0v) is 11.3. The largest absolute Gasteiger partial charge is 0.383 e. The van der Waals surface area contributed by atoms with Crippen molar-refractivity contribution in [2.75, 3.05) is 18.8 Å². The van der Waals surface area contributed by atoms with Gasteiger partial charge in [0.1, 0.15) is 5.82 Å². The minimum atomic E-state index is -0.0542. The molecule has 0 bridgehead atoms. The topological polar surface area (TPSA) is 76.3 Å². The number of Topliss-reactive ketones (excluding diaryl/α,β-unsaturated/α-hetero) is 1. The molecule has 0 spiro atoms. The Morgan fingerprint density at radius 1 is 1.37 bits per heavy atom. The number of rotatable bonds is 2. The summed E-state index contributed by atoms with van der Waals surface area (Å²) in [7, 11) is 0. The van der Waals surface area contributed by atoms with Crippen LogP contribution >= 0.6 is 0 Å². The van der Waals surface area contributed by atoms with E-state index in [4.69, 9.17) is 5.73 Å². The van der Waals surface area contributed by atoms with Gasteiger partial charge in [0.05, 0.1) is 5.56 Å². The average Bonchev–Trinajstić information content (AvgIpc) is 2.41. The van der Waals surface area contributed by atoms with Crippen LogP contribution in [0.1, 0.15) is 35.7 Å². The van der Waals surface area contributed by atoms with Crippen molar-refractivity contribution in [3.8, 4) is 0 Å². The molecule has 0 atom stereocenters. The van der Waals surface area contributed by atoms with Crippen LogP contribution in [-0.2, 0) is 4.79 Å². The first-order valence-electron chi connectivity index (χ1n) is 6.51. The predicted octanol–water partition coefficient (Wildman–Crippen LogP) is 1.41. The van der Waals surface area contributed by atoms with Gasteiger partial charge in [-0.3, -0.25) is 9.59 Å². The summed E-state index contributed by atoms with van der Waals surface area (Å²) in [5.41, 5.74) is 7.22. The van der Waals surface area contributed by atoms with E-state index >= 15 is 0 Å². The molecule has 19 heavy (non-hydrogen) atoms. The Morgan fingerprint density at radius 2 is 2.00 bits per heavy atom. The third kappa shape index (κ3) is 2.92. The number of aromatic nitrogens is 1. The van der Waals surface area contributed by atoms with Crippen molar-refractivity contribution in [3.63, 3.8) is 0 Å². The van der Waals surface area contributed by atoms with Crippen LogP contribution in [0.2, 0.25) is 0 Å². The van der Waals surface area contributed by atoms with Gasteiger partial charge < -0.3 is 10.6 Å². The highest BCUT2D eigenvalue weighted by atomic mass is 16.2. The van der Waals surface area contributed by atoms with E-state index in [0.29, 0.717) is 37.3 Å². The number of anilines is 1. The molecule has 1 fully saturated rings. The molecule has 102 valence electrons. The van der Waals surface area contributed by atoms with E-state index in [1.54, 1.807) is 24.1 Å². The Morgan fingerprint density at radius 3 is 2.58 bits per heavy atom. The summed E-state index contributed by atoms with van der Waals surface area (Å²) in [6.45, 7) is 4.74. The molecule has 0 aromatic carbocycles. The van der Waals surface area contributed by atoms with Crippen LogP contribution in [0.4, 0.5) is 5.82 Å². The number of nitrogens with two attached hydrogens (primary N) is 1. The minimum Gasteiger partial charge on any atom is -0.383 e. The van der Waals surface area contributed by atoms with E-state index in [1.165, 1.54) is 0 Å². The van der Waals surface area contributed by atoms with Gasteiger partial charge in [-0.15, -0.1) is 0 Å². The summed E-state index contributed by atoms with van der Waals surface area (Å²) in [5.74, 6) is 0.366. The molecule has 1 aromatic rings. The number of hydrogen-bond donors (Lipinski definition) is 1. The van der Waals surface area contributed by atoms with Crippen LogP contribution in [0.25, 0.3) is 0 Å². The molecule has 1 aliphatic heterocycles. The average molecular weight is 261 g/mol. The minimum absolute atomic E-state index is 0.0527. The van der Waals surface area contributed by atoms with Crippen LogP contribution in [-0.4, -0.2) is 34.7 Å². The number of aryl methyl sites for hydroxylation is 1. The summed E-state index contributed by atoms with van der Waals surface area (Å²) in [4.78, 5) is 29.5. The van der Waals surface area contributed by atoms with Gasteiger partial charge in [0.2, 0.25) is 5.91 Å². The highest BCUT2D eigenvalue weighted by molar-refractivity contribution is 6.01. The molecule has 1 amide bonds. The van der Waals surface area contributed by atoms with Gasteiger partial charge in [-0.1, -0.05) is 0 Å². The third-order valence-corrected chi connectivity index (χ3v) is 3.63. The van der Waals surface area contributed by atoms with E-state index in [1.807, 2.05) is 6.92 Å². The first-order valence-corrected chi connectivity index (χ1v) is 6.51. The van der Waals surface area contributed by atoms with Crippen LogP contribution in [0, 0.1) is 12.8 Å². The SMILES string of the molecule is CC(=O)N1CCC(C(=O)c2cc(C)cnc2N)CC1. The fourth-order valence-corrected chi connectivity index (χ4v) is 2.45. The lowest BCUT2D eigenvalue weighted by atomic mass is 9.88. The van der Waals surface area contributed by atoms with E-state index < -0.39 is 0 Å². The monoisotopic (exact) mass is 261 g/mol. The number of likely N-dealkylation sites (tertiary alicyclic amines) is 1. The van der Waals surface area contributed by atoms with Crippen molar-refractivity contribution in [2.24, 2.45) is 5.92 Å². The van der Waals surface area contributed by atoms with Crippen LogP contribution in [0.15, 0.2) is 12.3 Å². The number of carbonyl (C=O) groups is 2. The molecular formula is C14H19N3O2. The zero-order chi connectivity index (χ0) is 14.0. The molecule has 2 heterocycles. The summed E-state index contributed by atoms with van der Waals surface area (Å²) in [6, 6.07) is 1.79. The van der Waals surface area contributed by atoms with Gasteiger partial charge in [-0.2, -0.15) is 0 Å². The van der Waals surface area contributed by atoms with E-state index in [9.17, 15) is 9.59 Å². The second-order valence-corrected chi connectivity index (χ2v) is 5.09. The van der Waals surface area contributed by atoms with Gasteiger partial charge in [0.25, 0.3) is 0 Å². The first-order chi connectivity index (χ1) is 8.99. The molecule has 1 aromatic heterocycles. The number of pyridine rings is 1. The second-order valence-electron chi connectivity index (χ2n) is 5.09. The fraction of sp³-hybridized carbons (Fsp3) is 0.500. The fourth-order valence-electron chi connectivity index (χ4n) is 2.45. The number of amides is 1. The maximum absolute atomic E-state index is 12.4. The number of nitrogens with zero attached hydrogens (tertiary/aromatic N) is 2. The number of hydrogen-bond acceptors (Lipinski definition) is 4. The van der Waals surface area contributed by atoms with Crippen LogP contribution < -0.4 is 5.73 Å². The lowest BCUT2D eigenvalue weighted by Crippen LogP contribution is -2.39. The van der Waals surface area contributed by atoms with Gasteiger partial charge in [-0.25, -0.2) is 4.98 Å². The summed E-state index contributed by atoms with van der Waals surface area (Å²) in [6.07, 6.45) is 3.06. The van der Waals surface area contributed by atoms with Gasteiger partial charge >= 0.3 is 0 Å². The number of nitrogen functional groups attached to an aromatic ring is 1. The van der Waals surface area contributed by atoms with Crippen molar-refractivity contribution < 1.29 is 9.59 Å². The smallest absolute Gasteiger partial charge is 0.219 e. The molecule has 0 unspecified atom stereocenters. The van der Waals surface area contributed by atoms with Gasteiger partial charge in [-0.05, 0) is 31.4 Å². The number of piperidine rings is 1. The molecule has 2 N–H and O–H groups in total. The zero-order valence-electron chi connectivity index (χ0n) is 11.3. The standard InChI is InChI=1S/C14H19N3O2/c1-9-7-12(14(15)16-8-9)13(19)11-3-5-17(6-4-11)10(2)18/h7-8,11H,3-6H2,1-2H3,(H2,15,16). The molecule has 5 nitrogen and oxygen atoms in total. The van der Waals surface area contributed by atoms with Crippen molar-refractivity contribution >= 4 is 17.5 Å². The normalized spacial score (nSPS) is 16.4. The summed E-state index contributed by atoms with van der Waals surface area (Å²) >= 11 is 0. The molecule has 2 rings (SSSR count). The maximum Gasteiger partial charge on any atom is 0.219 e. The Labute approximate surface area is 112 Å². The van der Waals surface area contributed by atoms with Crippen molar-refractivity contribution in [1.29, 1.82) is 0 Å². The highest BCUT2D eigenvalue weighted by Gasteiger charge is 2.28. The van der Waals surface area contributed by atoms with Crippen LogP contribution in [0.5, 0.6) is 0 Å². The Bertz CT molecular complexity index is 505. The molecule has 5 heteroatoms. The van der Waals surface area contributed by atoms with Crippen molar-refractivity contribution in [2.45, 2.75) is 26.7 Å². The summed E-state index contributed by atoms with van der Waals surface area (Å²) in [5, 5.41) is 0. The second kappa shape index (κ2) is 5.38. The molecule has 0 saturated carbocycles. The van der Waals surface area contributed by atoms with Gasteiger partial charge in [0, 0.05) is 32.1 Å². The quantitative estimate of drug-likeness (QED) is 0.817. The third-order valence-electron chi connectivity index (χ3n) is 3.63. The van der Waals surface area contributed by atoms with Crippen molar-refractivity contribution in [3.05, 3.63) is 23.4 Å². The Balaban J connectivity index is 2.09. The Kier molecular flexibility index (Phi) is 3.83. The Hall–Kier alpha value is -1.91. The highest BCUT2D eigenvalue weighted by Crippen LogP contribution is 2.24. The maximum atomic E-state index is 12.4. The van der Waals surface area contributed by atoms with E-state index in [2.05, 4.69) is 4.98 Å².